The molecule has 1 amide bonds. The van der Waals surface area contributed by atoms with Gasteiger partial charge in [0.2, 0.25) is 5.91 Å². The number of nitrogens with zero attached hydrogens (tertiary/aromatic N) is 1. The molecule has 0 aromatic heterocycles. The summed E-state index contributed by atoms with van der Waals surface area (Å²) in [6.07, 6.45) is 0. The molecule has 1 unspecified atom stereocenters. The summed E-state index contributed by atoms with van der Waals surface area (Å²) in [6, 6.07) is 12.6. The van der Waals surface area contributed by atoms with Crippen LogP contribution in [-0.4, -0.2) is 10.8 Å². The standard InChI is InChI=1S/C14H10BrClN2O3/c15-10-3-5-11(6-4-10)17-14(19)13(16)9-1-7-12(8-2-9)18(20)21/h1-8,13H,(H,17,19). The molecule has 0 radical (unpaired) electrons. The first-order valence-electron chi connectivity index (χ1n) is 5.92. The van der Waals surface area contributed by atoms with Crippen LogP contribution in [0.15, 0.2) is 53.0 Å². The molecule has 0 fully saturated rings. The smallest absolute Gasteiger partial charge is 0.269 e. The molecule has 0 aliphatic rings. The second kappa shape index (κ2) is 6.69. The molecule has 21 heavy (non-hydrogen) atoms. The lowest BCUT2D eigenvalue weighted by Gasteiger charge is -2.11. The highest BCUT2D eigenvalue weighted by molar-refractivity contribution is 9.10. The third-order valence-corrected chi connectivity index (χ3v) is 3.72. The fourth-order valence-electron chi connectivity index (χ4n) is 1.66. The number of nitrogens with one attached hydrogen (secondary N) is 1. The zero-order chi connectivity index (χ0) is 15.4. The fourth-order valence-corrected chi connectivity index (χ4v) is 2.12. The quantitative estimate of drug-likeness (QED) is 0.497. The van der Waals surface area contributed by atoms with E-state index in [0.29, 0.717) is 11.3 Å². The Labute approximate surface area is 134 Å². The van der Waals surface area contributed by atoms with Gasteiger partial charge in [-0.3, -0.25) is 14.9 Å². The second-order valence-corrected chi connectivity index (χ2v) is 5.56. The molecule has 0 bridgehead atoms. The minimum Gasteiger partial charge on any atom is -0.325 e. The number of anilines is 1. The molecule has 0 spiro atoms. The Morgan fingerprint density at radius 3 is 2.24 bits per heavy atom. The molecule has 0 heterocycles. The van der Waals surface area contributed by atoms with E-state index in [-0.39, 0.29) is 5.69 Å². The number of alkyl halides is 1. The van der Waals surface area contributed by atoms with E-state index in [1.807, 2.05) is 0 Å². The van der Waals surface area contributed by atoms with Gasteiger partial charge in [-0.05, 0) is 29.8 Å². The van der Waals surface area contributed by atoms with E-state index in [9.17, 15) is 14.9 Å². The largest absolute Gasteiger partial charge is 0.325 e. The van der Waals surface area contributed by atoms with Gasteiger partial charge < -0.3 is 5.32 Å². The number of halogens is 2. The van der Waals surface area contributed by atoms with Crippen LogP contribution in [0.2, 0.25) is 0 Å². The third-order valence-electron chi connectivity index (χ3n) is 2.74. The number of rotatable bonds is 4. The van der Waals surface area contributed by atoms with Gasteiger partial charge in [0.25, 0.3) is 5.69 Å². The van der Waals surface area contributed by atoms with Gasteiger partial charge in [0.1, 0.15) is 5.38 Å². The topological polar surface area (TPSA) is 72.2 Å². The minimum atomic E-state index is -0.922. The van der Waals surface area contributed by atoms with E-state index < -0.39 is 16.2 Å². The van der Waals surface area contributed by atoms with Crippen molar-refractivity contribution in [1.29, 1.82) is 0 Å². The van der Waals surface area contributed by atoms with Crippen LogP contribution in [-0.2, 0) is 4.79 Å². The Balaban J connectivity index is 2.08. The van der Waals surface area contributed by atoms with Crippen molar-refractivity contribution in [3.8, 4) is 0 Å². The number of benzene rings is 2. The van der Waals surface area contributed by atoms with Gasteiger partial charge in [-0.25, -0.2) is 0 Å². The van der Waals surface area contributed by atoms with Gasteiger partial charge in [0.15, 0.2) is 0 Å². The molecule has 7 heteroatoms. The van der Waals surface area contributed by atoms with Crippen LogP contribution in [0.4, 0.5) is 11.4 Å². The summed E-state index contributed by atoms with van der Waals surface area (Å²) in [4.78, 5) is 22.1. The highest BCUT2D eigenvalue weighted by atomic mass is 79.9. The highest BCUT2D eigenvalue weighted by Gasteiger charge is 2.18. The number of non-ortho nitro benzene ring substituents is 1. The summed E-state index contributed by atoms with van der Waals surface area (Å²) in [7, 11) is 0. The summed E-state index contributed by atoms with van der Waals surface area (Å²) in [6.45, 7) is 0. The number of carbonyl (C=O) groups excluding carboxylic acids is 1. The predicted molar refractivity (Wildman–Crippen MR) is 84.5 cm³/mol. The number of nitro benzene ring substituents is 1. The van der Waals surface area contributed by atoms with Crippen molar-refractivity contribution in [2.75, 3.05) is 5.32 Å². The van der Waals surface area contributed by atoms with Crippen LogP contribution in [0, 0.1) is 10.1 Å². The van der Waals surface area contributed by atoms with Gasteiger partial charge in [-0.15, -0.1) is 11.6 Å². The van der Waals surface area contributed by atoms with Crippen LogP contribution in [0.1, 0.15) is 10.9 Å². The van der Waals surface area contributed by atoms with Crippen molar-refractivity contribution in [1.82, 2.24) is 0 Å². The van der Waals surface area contributed by atoms with E-state index in [1.54, 1.807) is 24.3 Å². The zero-order valence-electron chi connectivity index (χ0n) is 10.6. The number of hydrogen-bond acceptors (Lipinski definition) is 3. The molecule has 0 saturated carbocycles. The summed E-state index contributed by atoms with van der Waals surface area (Å²) >= 11 is 9.38. The van der Waals surface area contributed by atoms with E-state index >= 15 is 0 Å². The van der Waals surface area contributed by atoms with Crippen LogP contribution in [0.3, 0.4) is 0 Å². The van der Waals surface area contributed by atoms with E-state index in [0.717, 1.165) is 4.47 Å². The van der Waals surface area contributed by atoms with E-state index in [1.165, 1.54) is 24.3 Å². The van der Waals surface area contributed by atoms with Crippen molar-refractivity contribution in [2.45, 2.75) is 5.38 Å². The maximum absolute atomic E-state index is 12.0. The number of amides is 1. The molecule has 0 aliphatic heterocycles. The monoisotopic (exact) mass is 368 g/mol. The first-order valence-corrected chi connectivity index (χ1v) is 7.15. The Hall–Kier alpha value is -1.92. The van der Waals surface area contributed by atoms with Gasteiger partial charge in [0, 0.05) is 22.3 Å². The van der Waals surface area contributed by atoms with Crippen molar-refractivity contribution >= 4 is 44.8 Å². The summed E-state index contributed by atoms with van der Waals surface area (Å²) in [5.41, 5.74) is 1.07. The lowest BCUT2D eigenvalue weighted by molar-refractivity contribution is -0.384. The van der Waals surface area contributed by atoms with E-state index in [2.05, 4.69) is 21.2 Å². The lowest BCUT2D eigenvalue weighted by atomic mass is 10.1. The maximum atomic E-state index is 12.0. The lowest BCUT2D eigenvalue weighted by Crippen LogP contribution is -2.17. The van der Waals surface area contributed by atoms with Gasteiger partial charge in [0.05, 0.1) is 4.92 Å². The van der Waals surface area contributed by atoms with Gasteiger partial charge in [-0.1, -0.05) is 28.1 Å². The summed E-state index contributed by atoms with van der Waals surface area (Å²) in [5, 5.41) is 12.3. The van der Waals surface area contributed by atoms with Crippen LogP contribution in [0.5, 0.6) is 0 Å². The highest BCUT2D eigenvalue weighted by Crippen LogP contribution is 2.25. The molecule has 2 rings (SSSR count). The third kappa shape index (κ3) is 4.03. The molecule has 2 aromatic rings. The normalized spacial score (nSPS) is 11.7. The van der Waals surface area contributed by atoms with Crippen LogP contribution >= 0.6 is 27.5 Å². The molecular formula is C14H10BrClN2O3. The average molecular weight is 370 g/mol. The van der Waals surface area contributed by atoms with Crippen LogP contribution in [0.25, 0.3) is 0 Å². The number of carbonyl (C=O) groups is 1. The van der Waals surface area contributed by atoms with E-state index in [4.69, 9.17) is 11.6 Å². The first kappa shape index (κ1) is 15.5. The summed E-state index contributed by atoms with van der Waals surface area (Å²) in [5.74, 6) is -0.396. The SMILES string of the molecule is O=C(Nc1ccc(Br)cc1)C(Cl)c1ccc([N+](=O)[O-])cc1. The molecule has 108 valence electrons. The van der Waals surface area contributed by atoms with Crippen molar-refractivity contribution in [2.24, 2.45) is 0 Å². The Morgan fingerprint density at radius 1 is 1.14 bits per heavy atom. The fraction of sp³-hybridized carbons (Fsp3) is 0.0714. The molecular weight excluding hydrogens is 360 g/mol. The minimum absolute atomic E-state index is 0.0454. The second-order valence-electron chi connectivity index (χ2n) is 4.21. The van der Waals surface area contributed by atoms with Crippen molar-refractivity contribution in [3.63, 3.8) is 0 Å². The molecule has 5 nitrogen and oxygen atoms in total. The molecule has 0 saturated heterocycles. The molecule has 1 atom stereocenters. The van der Waals surface area contributed by atoms with Crippen LogP contribution < -0.4 is 5.32 Å². The first-order chi connectivity index (χ1) is 9.97. The van der Waals surface area contributed by atoms with Crippen molar-refractivity contribution in [3.05, 3.63) is 68.7 Å². The molecule has 2 aromatic carbocycles. The summed E-state index contributed by atoms with van der Waals surface area (Å²) < 4.78 is 0.901. The zero-order valence-corrected chi connectivity index (χ0v) is 13.0. The van der Waals surface area contributed by atoms with Gasteiger partial charge >= 0.3 is 0 Å². The number of hydrogen-bond donors (Lipinski definition) is 1. The average Bonchev–Trinajstić information content (AvgIpc) is 2.49. The Kier molecular flexibility index (Phi) is 4.93. The van der Waals surface area contributed by atoms with Crippen molar-refractivity contribution < 1.29 is 9.72 Å². The Morgan fingerprint density at radius 2 is 1.71 bits per heavy atom. The predicted octanol–water partition coefficient (Wildman–Crippen LogP) is 4.28. The maximum Gasteiger partial charge on any atom is 0.269 e. The molecule has 1 N–H and O–H groups in total. The van der Waals surface area contributed by atoms with Gasteiger partial charge in [-0.2, -0.15) is 0 Å². The Bertz CT molecular complexity index is 659. The molecule has 0 aliphatic carbocycles. The number of nitro groups is 1.